The van der Waals surface area contributed by atoms with Crippen LogP contribution in [0.15, 0.2) is 109 Å². The number of hydrogen-bond acceptors (Lipinski definition) is 12. The SMILES string of the molecule is C=CCCCCCNC(=O)c1cccc(S(=O)(=O)NC(=O)[C@@]2(NC(=O)OC(C)(C)C)C[C@H]2C=C)c1.C=CCCCCCNC(=O)c1cccc(S(N)(=O)=O)c1.C=C[C@@H]1C[C@]1(NC(=O)OC(C)(C)C)C(=O)O. The molecule has 0 unspecified atom stereocenters. The average molecular weight is 1030 g/mol. The Kier molecular flexibility index (Phi) is 22.9. The Hall–Kier alpha value is -6.32. The van der Waals surface area contributed by atoms with Gasteiger partial charge in [-0.2, -0.15) is 0 Å². The van der Waals surface area contributed by atoms with Gasteiger partial charge in [-0.25, -0.2) is 41.1 Å². The van der Waals surface area contributed by atoms with E-state index in [1.807, 2.05) is 16.9 Å². The van der Waals surface area contributed by atoms with Crippen molar-refractivity contribution in [2.75, 3.05) is 13.1 Å². The topological polar surface area (TPSA) is 296 Å². The first-order valence-corrected chi connectivity index (χ1v) is 26.1. The lowest BCUT2D eigenvalue weighted by atomic mass is 10.2. The zero-order valence-corrected chi connectivity index (χ0v) is 43.3. The molecule has 0 aliphatic heterocycles. The van der Waals surface area contributed by atoms with Crippen molar-refractivity contribution in [3.05, 3.63) is 110 Å². The fourth-order valence-electron chi connectivity index (χ4n) is 6.70. The molecule has 2 aromatic rings. The number of hydrogen-bond donors (Lipinski definition) is 7. The number of unbranched alkanes of at least 4 members (excludes halogenated alkanes) is 6. The number of benzene rings is 2. The van der Waals surface area contributed by atoms with Gasteiger partial charge in [0.15, 0.2) is 0 Å². The quantitative estimate of drug-likeness (QED) is 0.0446. The molecule has 5 amide bonds. The van der Waals surface area contributed by atoms with Gasteiger partial charge in [0.05, 0.1) is 9.79 Å². The number of primary sulfonamides is 1. The van der Waals surface area contributed by atoms with Crippen LogP contribution in [0.5, 0.6) is 0 Å². The number of nitrogens with one attached hydrogen (secondary N) is 5. The summed E-state index contributed by atoms with van der Waals surface area (Å²) in [6.45, 7) is 25.7. The summed E-state index contributed by atoms with van der Waals surface area (Å²) in [5.74, 6) is -3.33. The minimum Gasteiger partial charge on any atom is -0.479 e. The van der Waals surface area contributed by atoms with Crippen molar-refractivity contribution < 1.29 is 60.2 Å². The second-order valence-electron chi connectivity index (χ2n) is 18.9. The van der Waals surface area contributed by atoms with Gasteiger partial charge in [0.25, 0.3) is 27.7 Å². The number of allylic oxidation sites excluding steroid dienone is 2. The third kappa shape index (κ3) is 20.5. The Bertz CT molecular complexity index is 2480. The number of nitrogens with two attached hydrogens (primary N) is 1. The van der Waals surface area contributed by atoms with Crippen LogP contribution in [0.3, 0.4) is 0 Å². The van der Waals surface area contributed by atoms with Gasteiger partial charge < -0.3 is 35.8 Å². The first-order valence-electron chi connectivity index (χ1n) is 23.1. The second kappa shape index (κ2) is 26.8. The van der Waals surface area contributed by atoms with Crippen molar-refractivity contribution in [3.63, 3.8) is 0 Å². The molecule has 2 aliphatic rings. The molecule has 2 saturated carbocycles. The lowest BCUT2D eigenvalue weighted by Gasteiger charge is -2.23. The molecule has 4 atom stereocenters. The highest BCUT2D eigenvalue weighted by molar-refractivity contribution is 7.90. The predicted molar refractivity (Wildman–Crippen MR) is 270 cm³/mol. The summed E-state index contributed by atoms with van der Waals surface area (Å²) < 4.78 is 60.5. The summed E-state index contributed by atoms with van der Waals surface area (Å²) in [6.07, 6.45) is 13.3. The van der Waals surface area contributed by atoms with Gasteiger partial charge in [-0.15, -0.1) is 26.3 Å². The Morgan fingerprint density at radius 2 is 1.07 bits per heavy atom. The lowest BCUT2D eigenvalue weighted by molar-refractivity contribution is -0.141. The van der Waals surface area contributed by atoms with Crippen molar-refractivity contribution >= 4 is 55.9 Å². The normalized spacial score (nSPS) is 18.9. The smallest absolute Gasteiger partial charge is 0.408 e. The molecule has 0 aromatic heterocycles. The van der Waals surface area contributed by atoms with E-state index in [1.54, 1.807) is 47.6 Å². The van der Waals surface area contributed by atoms with Crippen LogP contribution < -0.4 is 31.1 Å². The van der Waals surface area contributed by atoms with Crippen LogP contribution >= 0.6 is 0 Å². The van der Waals surface area contributed by atoms with E-state index in [4.69, 9.17) is 19.7 Å². The largest absolute Gasteiger partial charge is 0.479 e. The highest BCUT2D eigenvalue weighted by Gasteiger charge is 2.62. The lowest BCUT2D eigenvalue weighted by Crippen LogP contribution is -2.52. The van der Waals surface area contributed by atoms with Crippen molar-refractivity contribution in [1.82, 2.24) is 26.0 Å². The molecule has 0 heterocycles. The Morgan fingerprint density at radius 3 is 1.45 bits per heavy atom. The number of sulfonamides is 2. The maximum Gasteiger partial charge on any atom is 0.408 e. The minimum atomic E-state index is -4.31. The second-order valence-corrected chi connectivity index (χ2v) is 22.2. The number of carbonyl (C=O) groups is 6. The van der Waals surface area contributed by atoms with Crippen LogP contribution in [-0.2, 0) is 39.1 Å². The summed E-state index contributed by atoms with van der Waals surface area (Å²) in [4.78, 5) is 71.7. The fraction of sp³-hybridized carbons (Fsp3) is 0.480. The van der Waals surface area contributed by atoms with Gasteiger partial charge in [-0.1, -0.05) is 49.3 Å². The zero-order valence-electron chi connectivity index (χ0n) is 41.6. The average Bonchev–Trinajstić information content (AvgIpc) is 4.19. The molecular weight excluding hydrogens is 957 g/mol. The van der Waals surface area contributed by atoms with E-state index in [0.29, 0.717) is 25.1 Å². The Balaban J connectivity index is 0.000000404. The third-order valence-electron chi connectivity index (χ3n) is 10.6. The maximum atomic E-state index is 13.0. The summed E-state index contributed by atoms with van der Waals surface area (Å²) in [6, 6.07) is 11.1. The van der Waals surface area contributed by atoms with Crippen molar-refractivity contribution in [3.8, 4) is 0 Å². The molecule has 4 rings (SSSR count). The van der Waals surface area contributed by atoms with Crippen LogP contribution in [0, 0.1) is 11.8 Å². The highest BCUT2D eigenvalue weighted by Crippen LogP contribution is 2.45. The predicted octanol–water partition coefficient (Wildman–Crippen LogP) is 6.79. The van der Waals surface area contributed by atoms with E-state index in [0.717, 1.165) is 51.4 Å². The van der Waals surface area contributed by atoms with E-state index < -0.39 is 78.2 Å². The number of carbonyl (C=O) groups excluding carboxylic acids is 5. The molecule has 0 bridgehead atoms. The molecule has 21 heteroatoms. The van der Waals surface area contributed by atoms with Gasteiger partial charge in [0.1, 0.15) is 22.3 Å². The number of aliphatic carboxylic acids is 1. The number of amides is 5. The summed E-state index contributed by atoms with van der Waals surface area (Å²) in [5.41, 5.74) is -3.67. The van der Waals surface area contributed by atoms with Crippen molar-refractivity contribution in [2.24, 2.45) is 17.0 Å². The summed E-state index contributed by atoms with van der Waals surface area (Å²) in [5, 5.41) is 24.5. The molecule has 392 valence electrons. The maximum absolute atomic E-state index is 13.0. The third-order valence-corrected chi connectivity index (χ3v) is 12.9. The Labute approximate surface area is 418 Å². The van der Waals surface area contributed by atoms with Gasteiger partial charge in [0.2, 0.25) is 10.0 Å². The molecule has 8 N–H and O–H groups in total. The molecule has 0 saturated heterocycles. The first-order chi connectivity index (χ1) is 33.0. The fourth-order valence-corrected chi connectivity index (χ4v) is 8.34. The van der Waals surface area contributed by atoms with Crippen LogP contribution in [0.1, 0.15) is 126 Å². The van der Waals surface area contributed by atoms with E-state index >= 15 is 0 Å². The van der Waals surface area contributed by atoms with Crippen LogP contribution in [0.2, 0.25) is 0 Å². The number of carboxylic acids is 1. The van der Waals surface area contributed by atoms with Gasteiger partial charge in [0, 0.05) is 36.1 Å². The number of ether oxygens (including phenoxy) is 2. The highest BCUT2D eigenvalue weighted by atomic mass is 32.2. The monoisotopic (exact) mass is 1030 g/mol. The van der Waals surface area contributed by atoms with E-state index in [2.05, 4.69) is 47.6 Å². The van der Waals surface area contributed by atoms with Crippen LogP contribution in [0.4, 0.5) is 9.59 Å². The number of rotatable bonds is 23. The Morgan fingerprint density at radius 1 is 0.662 bits per heavy atom. The van der Waals surface area contributed by atoms with E-state index in [1.165, 1.54) is 54.6 Å². The minimum absolute atomic E-state index is 0.0591. The van der Waals surface area contributed by atoms with Gasteiger partial charge in [-0.05, 0) is 129 Å². The number of alkyl carbamates (subject to hydrolysis) is 2. The zero-order chi connectivity index (χ0) is 53.8. The number of carboxylic acid groups (broad SMARTS) is 1. The van der Waals surface area contributed by atoms with Crippen molar-refractivity contribution in [1.29, 1.82) is 0 Å². The molecule has 19 nitrogen and oxygen atoms in total. The van der Waals surface area contributed by atoms with Gasteiger partial charge >= 0.3 is 18.2 Å². The molecule has 71 heavy (non-hydrogen) atoms. The molecule has 2 fully saturated rings. The van der Waals surface area contributed by atoms with Crippen LogP contribution in [-0.4, -0.2) is 93.2 Å². The summed E-state index contributed by atoms with van der Waals surface area (Å²) >= 11 is 0. The van der Waals surface area contributed by atoms with E-state index in [-0.39, 0.29) is 33.6 Å². The molecular formula is C50H72N6O13S2. The molecule has 2 aromatic carbocycles. The van der Waals surface area contributed by atoms with Gasteiger partial charge in [-0.3, -0.25) is 14.4 Å². The van der Waals surface area contributed by atoms with E-state index in [9.17, 15) is 45.6 Å². The molecule has 2 aliphatic carbocycles. The summed E-state index contributed by atoms with van der Waals surface area (Å²) in [7, 11) is -8.10. The molecule has 0 spiro atoms. The van der Waals surface area contributed by atoms with Crippen LogP contribution in [0.25, 0.3) is 0 Å². The standard InChI is InChI=1S/C25H35N3O6S.C14H20N2O3S.C11H17NO4/c1-6-8-9-10-11-15-26-21(29)18-13-12-14-20(16-18)35(32,33)28-22(30)25(17-19(25)7-2)27-23(31)34-24(3,4)5;1-2-3-4-5-6-10-16-14(17)12-8-7-9-13(11-12)20(15,18)19;1-5-7-6-11(7,8(13)14)12-9(15)16-10(2,3)4/h6-7,12-14,16,19H,1-2,8-11,15,17H2,3-5H3,(H,26,29)(H,27,31)(H,28,30);2,7-9,11H,1,3-6,10H2,(H,16,17)(H2,15,18,19);5,7H,1,6H2,2-4H3,(H,12,15)(H,13,14)/t19-,25-;;7-,11-/m1.1/s1. The molecule has 0 radical (unpaired) electrons. The van der Waals surface area contributed by atoms with Crippen molar-refractivity contribution in [2.45, 2.75) is 138 Å². The first kappa shape index (κ1) is 60.8.